The fourth-order valence-electron chi connectivity index (χ4n) is 7.93. The number of aromatic nitrogens is 5. The molecule has 0 atom stereocenters. The highest BCUT2D eigenvalue weighted by molar-refractivity contribution is 6.09. The molecule has 7 aromatic carbocycles. The number of hydrogen-bond acceptors (Lipinski definition) is 3. The number of para-hydroxylation sites is 5. The molecule has 0 amide bonds. The van der Waals surface area contributed by atoms with E-state index in [-0.39, 0.29) is 0 Å². The number of imidazole rings is 1. The number of pyridine rings is 1. The molecule has 0 N–H and O–H groups in total. The number of rotatable bonds is 5. The Morgan fingerprint density at radius 3 is 1.52 bits per heavy atom. The normalized spacial score (nSPS) is 11.7. The molecule has 11 aromatic rings. The Hall–Kier alpha value is -7.37. The lowest BCUT2D eigenvalue weighted by Gasteiger charge is -2.13. The van der Waals surface area contributed by atoms with E-state index in [4.69, 9.17) is 15.0 Å². The third-order valence-electron chi connectivity index (χ3n) is 10.5. The van der Waals surface area contributed by atoms with Crippen LogP contribution in [0.3, 0.4) is 0 Å². The fourth-order valence-corrected chi connectivity index (χ4v) is 7.93. The summed E-state index contributed by atoms with van der Waals surface area (Å²) in [7, 11) is 0. The largest absolute Gasteiger partial charge is 0.309 e. The molecule has 5 nitrogen and oxygen atoms in total. The van der Waals surface area contributed by atoms with E-state index in [2.05, 4.69) is 179 Å². The first-order valence-corrected chi connectivity index (χ1v) is 18.2. The SMILES string of the molecule is c1ccc(-c2cc(-c3ccc(-c4nc5ccccc5c5nc6ccccc6n45)cc3)nc(-c3ccc(-n4c5ccccc5c5ccccc54)cc3)c2)cc1. The van der Waals surface area contributed by atoms with Crippen molar-refractivity contribution < 1.29 is 0 Å². The zero-order chi connectivity index (χ0) is 35.6. The second-order valence-corrected chi connectivity index (χ2v) is 13.7. The maximum Gasteiger partial charge on any atom is 0.149 e. The predicted molar refractivity (Wildman–Crippen MR) is 222 cm³/mol. The Morgan fingerprint density at radius 2 is 0.852 bits per heavy atom. The molecule has 0 radical (unpaired) electrons. The summed E-state index contributed by atoms with van der Waals surface area (Å²) in [6.45, 7) is 0. The lowest BCUT2D eigenvalue weighted by Crippen LogP contribution is -1.98. The molecule has 0 aliphatic heterocycles. The van der Waals surface area contributed by atoms with Crippen LogP contribution >= 0.6 is 0 Å². The molecule has 0 fully saturated rings. The molecule has 0 aliphatic rings. The van der Waals surface area contributed by atoms with Crippen LogP contribution in [0.1, 0.15) is 0 Å². The molecular weight excluding hydrogens is 659 g/mol. The van der Waals surface area contributed by atoms with E-state index in [1.54, 1.807) is 0 Å². The van der Waals surface area contributed by atoms with Crippen LogP contribution in [0, 0.1) is 0 Å². The fraction of sp³-hybridized carbons (Fsp3) is 0. The van der Waals surface area contributed by atoms with E-state index < -0.39 is 0 Å². The van der Waals surface area contributed by atoms with Gasteiger partial charge in [-0.1, -0.05) is 127 Å². The average molecular weight is 690 g/mol. The monoisotopic (exact) mass is 689 g/mol. The van der Waals surface area contributed by atoms with Crippen LogP contribution in [0.4, 0.5) is 0 Å². The summed E-state index contributed by atoms with van der Waals surface area (Å²) in [5, 5.41) is 3.54. The van der Waals surface area contributed by atoms with E-state index in [9.17, 15) is 0 Å². The van der Waals surface area contributed by atoms with Crippen LogP contribution in [-0.2, 0) is 0 Å². The van der Waals surface area contributed by atoms with Gasteiger partial charge < -0.3 is 4.57 Å². The number of benzene rings is 7. The van der Waals surface area contributed by atoms with Crippen LogP contribution in [0.25, 0.3) is 100 Å². The Morgan fingerprint density at radius 1 is 0.333 bits per heavy atom. The zero-order valence-electron chi connectivity index (χ0n) is 29.1. The highest BCUT2D eigenvalue weighted by atomic mass is 15.1. The molecule has 54 heavy (non-hydrogen) atoms. The Kier molecular flexibility index (Phi) is 6.79. The standard InChI is InChI=1S/C49H31N5/c1-2-12-32(13-3-1)36-30-43(50-44(31-36)34-26-28-37(29-27-34)53-45-19-9-5-14-38(45)39-15-6-10-20-46(39)53)33-22-24-35(25-23-33)48-51-41-17-7-4-16-40(41)49-52-42-18-8-11-21-47(42)54(48)49/h1-31H. The van der Waals surface area contributed by atoms with E-state index in [0.717, 1.165) is 78.3 Å². The molecule has 4 heterocycles. The van der Waals surface area contributed by atoms with Gasteiger partial charge in [0.2, 0.25) is 0 Å². The molecule has 4 aromatic heterocycles. The van der Waals surface area contributed by atoms with E-state index >= 15 is 0 Å². The van der Waals surface area contributed by atoms with Crippen molar-refractivity contribution in [2.75, 3.05) is 0 Å². The van der Waals surface area contributed by atoms with Gasteiger partial charge in [0.1, 0.15) is 11.5 Å². The molecule has 11 rings (SSSR count). The first kappa shape index (κ1) is 30.3. The maximum atomic E-state index is 5.28. The van der Waals surface area contributed by atoms with Crippen LogP contribution in [0.2, 0.25) is 0 Å². The van der Waals surface area contributed by atoms with Crippen LogP contribution in [0.5, 0.6) is 0 Å². The van der Waals surface area contributed by atoms with Crippen molar-refractivity contribution in [1.29, 1.82) is 0 Å². The van der Waals surface area contributed by atoms with Crippen LogP contribution in [-0.4, -0.2) is 23.9 Å². The van der Waals surface area contributed by atoms with Crippen molar-refractivity contribution in [2.24, 2.45) is 0 Å². The lowest BCUT2D eigenvalue weighted by atomic mass is 9.99. The Balaban J connectivity index is 1.02. The first-order chi connectivity index (χ1) is 26.8. The summed E-state index contributed by atoms with van der Waals surface area (Å²) in [6.07, 6.45) is 0. The Labute approximate surface area is 311 Å². The smallest absolute Gasteiger partial charge is 0.149 e. The van der Waals surface area contributed by atoms with E-state index in [0.29, 0.717) is 0 Å². The van der Waals surface area contributed by atoms with Gasteiger partial charge in [-0.3, -0.25) is 4.40 Å². The topological polar surface area (TPSA) is 48.0 Å². The second kappa shape index (κ2) is 12.1. The third kappa shape index (κ3) is 4.83. The van der Waals surface area contributed by atoms with Gasteiger partial charge in [-0.05, 0) is 71.8 Å². The summed E-state index contributed by atoms with van der Waals surface area (Å²) in [5.41, 5.74) is 14.5. The molecule has 5 heteroatoms. The predicted octanol–water partition coefficient (Wildman–Crippen LogP) is 12.2. The number of hydrogen-bond donors (Lipinski definition) is 0. The van der Waals surface area contributed by atoms with Gasteiger partial charge >= 0.3 is 0 Å². The number of nitrogens with zero attached hydrogens (tertiary/aromatic N) is 5. The second-order valence-electron chi connectivity index (χ2n) is 13.7. The third-order valence-corrected chi connectivity index (χ3v) is 10.5. The molecule has 0 saturated heterocycles. The minimum Gasteiger partial charge on any atom is -0.309 e. The molecule has 0 spiro atoms. The highest BCUT2D eigenvalue weighted by Gasteiger charge is 2.17. The van der Waals surface area contributed by atoms with Gasteiger partial charge in [0.15, 0.2) is 0 Å². The minimum atomic E-state index is 0.860. The van der Waals surface area contributed by atoms with Crippen molar-refractivity contribution >= 4 is 49.4 Å². The average Bonchev–Trinajstić information content (AvgIpc) is 3.81. The molecular formula is C49H31N5. The van der Waals surface area contributed by atoms with Gasteiger partial charge in [0.25, 0.3) is 0 Å². The summed E-state index contributed by atoms with van der Waals surface area (Å²) < 4.78 is 4.53. The van der Waals surface area contributed by atoms with E-state index in [1.807, 2.05) is 18.2 Å². The van der Waals surface area contributed by atoms with Crippen LogP contribution < -0.4 is 0 Å². The molecule has 0 saturated carbocycles. The van der Waals surface area contributed by atoms with Gasteiger partial charge in [0.05, 0.1) is 39.0 Å². The van der Waals surface area contributed by atoms with Crippen molar-refractivity contribution in [3.8, 4) is 50.7 Å². The van der Waals surface area contributed by atoms with Crippen molar-refractivity contribution in [3.05, 3.63) is 188 Å². The molecule has 252 valence electrons. The van der Waals surface area contributed by atoms with Crippen molar-refractivity contribution in [3.63, 3.8) is 0 Å². The maximum absolute atomic E-state index is 5.28. The molecule has 0 unspecified atom stereocenters. The van der Waals surface area contributed by atoms with Gasteiger partial charge in [-0.25, -0.2) is 15.0 Å². The molecule has 0 bridgehead atoms. The zero-order valence-corrected chi connectivity index (χ0v) is 29.1. The van der Waals surface area contributed by atoms with Crippen molar-refractivity contribution in [2.45, 2.75) is 0 Å². The van der Waals surface area contributed by atoms with Crippen molar-refractivity contribution in [1.82, 2.24) is 23.9 Å². The number of fused-ring (bicyclic) bond motifs is 8. The summed E-state index contributed by atoms with van der Waals surface area (Å²) in [6, 6.07) is 66.0. The van der Waals surface area contributed by atoms with E-state index in [1.165, 1.54) is 21.8 Å². The quantitative estimate of drug-likeness (QED) is 0.181. The van der Waals surface area contributed by atoms with Gasteiger partial charge in [0, 0.05) is 38.5 Å². The van der Waals surface area contributed by atoms with Gasteiger partial charge in [-0.15, -0.1) is 0 Å². The highest BCUT2D eigenvalue weighted by Crippen LogP contribution is 2.35. The summed E-state index contributed by atoms with van der Waals surface area (Å²) in [5.74, 6) is 0.860. The summed E-state index contributed by atoms with van der Waals surface area (Å²) >= 11 is 0. The lowest BCUT2D eigenvalue weighted by molar-refractivity contribution is 1.16. The molecule has 0 aliphatic carbocycles. The summed E-state index contributed by atoms with van der Waals surface area (Å²) in [4.78, 5) is 15.5. The first-order valence-electron chi connectivity index (χ1n) is 18.2. The Bertz CT molecular complexity index is 3140. The van der Waals surface area contributed by atoms with Gasteiger partial charge in [-0.2, -0.15) is 0 Å². The van der Waals surface area contributed by atoms with Crippen LogP contribution in [0.15, 0.2) is 188 Å². The minimum absolute atomic E-state index is 0.860.